The van der Waals surface area contributed by atoms with Crippen LogP contribution < -0.4 is 0 Å². The molecule has 0 aromatic carbocycles. The standard InChI is InChI=1S/C28H54O11/c1-3-5-7-9-11-13-15-35-18-20-25(36-16-14-12-10-8-6-4-2)22(31)24(33)28(38-20)39-26-19(17-29)37-27(34)23(32)21(26)30/h19-34H,3-18H2,1-2H3/t19-,20-,21-,22-,23-,24-,25+,26-,27-,28+/m1/s1. The summed E-state index contributed by atoms with van der Waals surface area (Å²) >= 11 is 0. The number of aliphatic hydroxyl groups is 6. The van der Waals surface area contributed by atoms with Gasteiger partial charge in [0.2, 0.25) is 0 Å². The van der Waals surface area contributed by atoms with Gasteiger partial charge >= 0.3 is 0 Å². The molecule has 39 heavy (non-hydrogen) atoms. The van der Waals surface area contributed by atoms with Crippen LogP contribution in [0, 0.1) is 0 Å². The van der Waals surface area contributed by atoms with E-state index in [1.165, 1.54) is 38.5 Å². The van der Waals surface area contributed by atoms with Crippen LogP contribution in [0.15, 0.2) is 0 Å². The zero-order valence-electron chi connectivity index (χ0n) is 23.8. The Hall–Kier alpha value is -0.440. The van der Waals surface area contributed by atoms with Crippen LogP contribution in [0.1, 0.15) is 90.9 Å². The molecular formula is C28H54O11. The molecule has 2 aliphatic heterocycles. The van der Waals surface area contributed by atoms with Gasteiger partial charge in [0.15, 0.2) is 12.6 Å². The normalized spacial score (nSPS) is 35.4. The largest absolute Gasteiger partial charge is 0.394 e. The Morgan fingerprint density at radius 3 is 1.77 bits per heavy atom. The van der Waals surface area contributed by atoms with Gasteiger partial charge in [-0.15, -0.1) is 0 Å². The molecule has 6 N–H and O–H groups in total. The van der Waals surface area contributed by atoms with Crippen LogP contribution >= 0.6 is 0 Å². The summed E-state index contributed by atoms with van der Waals surface area (Å²) in [6.45, 7) is 4.75. The van der Waals surface area contributed by atoms with Gasteiger partial charge in [0.1, 0.15) is 48.8 Å². The molecule has 0 radical (unpaired) electrons. The number of ether oxygens (including phenoxy) is 5. The van der Waals surface area contributed by atoms with Crippen molar-refractivity contribution in [1.82, 2.24) is 0 Å². The molecule has 0 bridgehead atoms. The third kappa shape index (κ3) is 11.4. The van der Waals surface area contributed by atoms with E-state index in [4.69, 9.17) is 23.7 Å². The Balaban J connectivity index is 1.97. The Kier molecular flexibility index (Phi) is 17.5. The summed E-state index contributed by atoms with van der Waals surface area (Å²) in [6, 6.07) is 0. The molecule has 2 heterocycles. The molecule has 0 unspecified atom stereocenters. The van der Waals surface area contributed by atoms with Crippen LogP contribution in [-0.2, 0) is 23.7 Å². The molecule has 232 valence electrons. The average molecular weight is 567 g/mol. The lowest BCUT2D eigenvalue weighted by Gasteiger charge is -2.46. The zero-order chi connectivity index (χ0) is 28.6. The first kappa shape index (κ1) is 34.8. The second-order valence-electron chi connectivity index (χ2n) is 10.8. The second-order valence-corrected chi connectivity index (χ2v) is 10.8. The topological polar surface area (TPSA) is 168 Å². The van der Waals surface area contributed by atoms with Crippen molar-refractivity contribution < 1.29 is 54.3 Å². The quantitative estimate of drug-likeness (QED) is 0.118. The van der Waals surface area contributed by atoms with E-state index in [2.05, 4.69) is 13.8 Å². The van der Waals surface area contributed by atoms with E-state index in [-0.39, 0.29) is 6.61 Å². The number of hydrogen-bond acceptors (Lipinski definition) is 11. The first-order valence-electron chi connectivity index (χ1n) is 15.0. The maximum absolute atomic E-state index is 11.0. The van der Waals surface area contributed by atoms with Crippen LogP contribution in [-0.4, -0.2) is 118 Å². The SMILES string of the molecule is CCCCCCCCOC[C@H]1O[C@@H](O[C@H]2[C@H](O)[C@@H](O)[C@H](O)O[C@@H]2CO)[C@H](O)[C@@H](O)[C@H]1OCCCCCCCC. The summed E-state index contributed by atoms with van der Waals surface area (Å²) in [5.41, 5.74) is 0. The smallest absolute Gasteiger partial charge is 0.187 e. The van der Waals surface area contributed by atoms with Crippen molar-refractivity contribution in [3.63, 3.8) is 0 Å². The van der Waals surface area contributed by atoms with Gasteiger partial charge in [0, 0.05) is 13.2 Å². The minimum Gasteiger partial charge on any atom is -0.394 e. The molecule has 0 aliphatic carbocycles. The summed E-state index contributed by atoms with van der Waals surface area (Å²) in [4.78, 5) is 0. The molecule has 0 spiro atoms. The summed E-state index contributed by atoms with van der Waals surface area (Å²) in [6.07, 6.45) is -0.242. The number of hydrogen-bond donors (Lipinski definition) is 6. The molecule has 0 aromatic rings. The summed E-state index contributed by atoms with van der Waals surface area (Å²) in [7, 11) is 0. The predicted molar refractivity (Wildman–Crippen MR) is 143 cm³/mol. The summed E-state index contributed by atoms with van der Waals surface area (Å²) in [5, 5.41) is 61.6. The Bertz CT molecular complexity index is 610. The van der Waals surface area contributed by atoms with Gasteiger partial charge in [0.05, 0.1) is 13.2 Å². The lowest BCUT2D eigenvalue weighted by molar-refractivity contribution is -0.358. The van der Waals surface area contributed by atoms with Crippen molar-refractivity contribution in [3.05, 3.63) is 0 Å². The van der Waals surface area contributed by atoms with Gasteiger partial charge in [-0.1, -0.05) is 78.1 Å². The lowest BCUT2D eigenvalue weighted by Crippen LogP contribution is -2.64. The first-order chi connectivity index (χ1) is 18.8. The van der Waals surface area contributed by atoms with E-state index in [1.54, 1.807) is 0 Å². The molecule has 2 aliphatic rings. The minimum absolute atomic E-state index is 0.105. The fourth-order valence-electron chi connectivity index (χ4n) is 5.03. The van der Waals surface area contributed by atoms with E-state index in [0.29, 0.717) is 13.2 Å². The van der Waals surface area contributed by atoms with E-state index in [0.717, 1.165) is 38.5 Å². The van der Waals surface area contributed by atoms with Gasteiger partial charge < -0.3 is 54.3 Å². The Morgan fingerprint density at radius 1 is 0.590 bits per heavy atom. The molecular weight excluding hydrogens is 512 g/mol. The molecule has 2 fully saturated rings. The summed E-state index contributed by atoms with van der Waals surface area (Å²) in [5.74, 6) is 0. The van der Waals surface area contributed by atoms with Gasteiger partial charge in [-0.3, -0.25) is 0 Å². The van der Waals surface area contributed by atoms with Gasteiger partial charge in [-0.2, -0.15) is 0 Å². The van der Waals surface area contributed by atoms with Crippen molar-refractivity contribution in [2.45, 2.75) is 152 Å². The number of rotatable bonds is 20. The highest BCUT2D eigenvalue weighted by Crippen LogP contribution is 2.30. The van der Waals surface area contributed by atoms with Gasteiger partial charge in [-0.05, 0) is 12.8 Å². The van der Waals surface area contributed by atoms with Gasteiger partial charge in [0.25, 0.3) is 0 Å². The highest BCUT2D eigenvalue weighted by atomic mass is 16.7. The van der Waals surface area contributed by atoms with E-state index < -0.39 is 68.0 Å². The fraction of sp³-hybridized carbons (Fsp3) is 1.00. The molecule has 0 amide bonds. The Morgan fingerprint density at radius 2 is 1.15 bits per heavy atom. The lowest BCUT2D eigenvalue weighted by atomic mass is 9.97. The monoisotopic (exact) mass is 566 g/mol. The van der Waals surface area contributed by atoms with E-state index in [1.807, 2.05) is 0 Å². The van der Waals surface area contributed by atoms with Crippen LogP contribution in [0.5, 0.6) is 0 Å². The zero-order valence-corrected chi connectivity index (χ0v) is 23.8. The van der Waals surface area contributed by atoms with Crippen molar-refractivity contribution >= 4 is 0 Å². The Labute approximate surface area is 233 Å². The molecule has 11 nitrogen and oxygen atoms in total. The number of aliphatic hydroxyl groups excluding tert-OH is 6. The van der Waals surface area contributed by atoms with Crippen molar-refractivity contribution in [2.75, 3.05) is 26.4 Å². The van der Waals surface area contributed by atoms with E-state index in [9.17, 15) is 30.6 Å². The van der Waals surface area contributed by atoms with Crippen molar-refractivity contribution in [3.8, 4) is 0 Å². The third-order valence-electron chi connectivity index (χ3n) is 7.50. The first-order valence-corrected chi connectivity index (χ1v) is 15.0. The molecule has 2 rings (SSSR count). The molecule has 0 saturated carbocycles. The van der Waals surface area contributed by atoms with Gasteiger partial charge in [-0.25, -0.2) is 0 Å². The van der Waals surface area contributed by atoms with Crippen molar-refractivity contribution in [1.29, 1.82) is 0 Å². The maximum atomic E-state index is 11.0. The van der Waals surface area contributed by atoms with E-state index >= 15 is 0 Å². The molecule has 0 aromatic heterocycles. The molecule has 11 heteroatoms. The van der Waals surface area contributed by atoms with Crippen molar-refractivity contribution in [2.24, 2.45) is 0 Å². The minimum atomic E-state index is -1.71. The van der Waals surface area contributed by atoms with Crippen LogP contribution in [0.25, 0.3) is 0 Å². The maximum Gasteiger partial charge on any atom is 0.187 e. The van der Waals surface area contributed by atoms with Crippen LogP contribution in [0.2, 0.25) is 0 Å². The van der Waals surface area contributed by atoms with Crippen LogP contribution in [0.4, 0.5) is 0 Å². The highest BCUT2D eigenvalue weighted by Gasteiger charge is 2.50. The second kappa shape index (κ2) is 19.6. The van der Waals surface area contributed by atoms with Crippen LogP contribution in [0.3, 0.4) is 0 Å². The third-order valence-corrected chi connectivity index (χ3v) is 7.50. The predicted octanol–water partition coefficient (Wildman–Crippen LogP) is 1.37. The number of unbranched alkanes of at least 4 members (excludes halogenated alkanes) is 10. The molecule has 10 atom stereocenters. The fourth-order valence-corrected chi connectivity index (χ4v) is 5.03. The average Bonchev–Trinajstić information content (AvgIpc) is 2.93. The summed E-state index contributed by atoms with van der Waals surface area (Å²) < 4.78 is 28.7. The highest BCUT2D eigenvalue weighted by molar-refractivity contribution is 4.94. The molecule has 2 saturated heterocycles.